The van der Waals surface area contributed by atoms with Gasteiger partial charge in [-0.25, -0.2) is 4.98 Å². The quantitative estimate of drug-likeness (QED) is 0.590. The van der Waals surface area contributed by atoms with E-state index in [0.29, 0.717) is 12.4 Å². The third kappa shape index (κ3) is 5.54. The molecule has 0 radical (unpaired) electrons. The lowest BCUT2D eigenvalue weighted by Gasteiger charge is -2.24. The zero-order valence-electron chi connectivity index (χ0n) is 17.8. The molecule has 0 fully saturated rings. The fourth-order valence-corrected chi connectivity index (χ4v) is 3.91. The van der Waals surface area contributed by atoms with Gasteiger partial charge >= 0.3 is 0 Å². The maximum absolute atomic E-state index is 12.6. The molecule has 0 saturated heterocycles. The minimum absolute atomic E-state index is 0.0334. The summed E-state index contributed by atoms with van der Waals surface area (Å²) in [5.74, 6) is 0.571. The maximum atomic E-state index is 12.6. The summed E-state index contributed by atoms with van der Waals surface area (Å²) in [6, 6.07) is 18.3. The highest BCUT2D eigenvalue weighted by Crippen LogP contribution is 2.24. The summed E-state index contributed by atoms with van der Waals surface area (Å²) in [6.45, 7) is 1.91. The molecule has 0 bridgehead atoms. The third-order valence-corrected chi connectivity index (χ3v) is 5.64. The number of carbonyl (C=O) groups is 1. The summed E-state index contributed by atoms with van der Waals surface area (Å²) >= 11 is 0. The number of pyridine rings is 2. The molecular formula is C25H29N5O. The molecule has 0 aliphatic heterocycles. The molecule has 1 aliphatic carbocycles. The summed E-state index contributed by atoms with van der Waals surface area (Å²) in [5, 5.41) is 3.41. The van der Waals surface area contributed by atoms with Crippen molar-refractivity contribution < 1.29 is 4.79 Å². The summed E-state index contributed by atoms with van der Waals surface area (Å²) in [7, 11) is 0. The van der Waals surface area contributed by atoms with Crippen LogP contribution in [0.3, 0.4) is 0 Å². The summed E-state index contributed by atoms with van der Waals surface area (Å²) in [6.07, 6.45) is 6.22. The monoisotopic (exact) mass is 415 g/mol. The van der Waals surface area contributed by atoms with E-state index in [9.17, 15) is 4.79 Å². The number of nitrogens with one attached hydrogen (secondary N) is 1. The van der Waals surface area contributed by atoms with Crippen LogP contribution in [0, 0.1) is 0 Å². The Morgan fingerprint density at radius 2 is 1.77 bits per heavy atom. The standard InChI is InChI=1S/C25H29N5O/c26-15-25(31)30(24-13-12-21-5-1-2-7-23(21)29-24)18-20-10-8-19(9-11-20)16-27-17-22-6-3-4-14-28-22/h3-4,6,8-14,27H,1-2,5,7,15-18,26H2. The number of aromatic nitrogens is 2. The Hall–Kier alpha value is -3.09. The molecule has 3 aromatic rings. The van der Waals surface area contributed by atoms with Gasteiger partial charge in [-0.1, -0.05) is 36.4 Å². The molecule has 0 saturated carbocycles. The second kappa shape index (κ2) is 10.3. The second-order valence-electron chi connectivity index (χ2n) is 7.91. The zero-order chi connectivity index (χ0) is 21.5. The number of nitrogens with two attached hydrogens (primary N) is 1. The molecule has 6 heteroatoms. The van der Waals surface area contributed by atoms with Crippen LogP contribution in [0.15, 0.2) is 60.8 Å². The first-order chi connectivity index (χ1) is 15.2. The Morgan fingerprint density at radius 3 is 2.55 bits per heavy atom. The van der Waals surface area contributed by atoms with Gasteiger partial charge in [0.15, 0.2) is 0 Å². The van der Waals surface area contributed by atoms with Crippen LogP contribution in [-0.4, -0.2) is 22.4 Å². The van der Waals surface area contributed by atoms with Crippen molar-refractivity contribution in [1.29, 1.82) is 0 Å². The van der Waals surface area contributed by atoms with Gasteiger partial charge in [0.2, 0.25) is 5.91 Å². The van der Waals surface area contributed by atoms with Crippen molar-refractivity contribution in [2.24, 2.45) is 5.73 Å². The average molecular weight is 416 g/mol. The molecule has 1 aromatic carbocycles. The summed E-state index contributed by atoms with van der Waals surface area (Å²) in [4.78, 5) is 23.4. The van der Waals surface area contributed by atoms with Gasteiger partial charge in [0.1, 0.15) is 5.82 Å². The van der Waals surface area contributed by atoms with Crippen LogP contribution < -0.4 is 16.0 Å². The Bertz CT molecular complexity index is 1000. The Labute approximate surface area is 183 Å². The average Bonchev–Trinajstić information content (AvgIpc) is 2.83. The van der Waals surface area contributed by atoms with Gasteiger partial charge in [0.25, 0.3) is 0 Å². The Kier molecular flexibility index (Phi) is 7.02. The van der Waals surface area contributed by atoms with E-state index < -0.39 is 0 Å². The van der Waals surface area contributed by atoms with E-state index in [-0.39, 0.29) is 12.5 Å². The van der Waals surface area contributed by atoms with E-state index >= 15 is 0 Å². The highest BCUT2D eigenvalue weighted by molar-refractivity contribution is 5.93. The van der Waals surface area contributed by atoms with Crippen molar-refractivity contribution >= 4 is 11.7 Å². The van der Waals surface area contributed by atoms with Gasteiger partial charge in [0.05, 0.1) is 18.8 Å². The number of hydrogen-bond donors (Lipinski definition) is 2. The number of fused-ring (bicyclic) bond motifs is 1. The fraction of sp³-hybridized carbons (Fsp3) is 0.320. The van der Waals surface area contributed by atoms with Gasteiger partial charge in [0, 0.05) is 25.0 Å². The largest absolute Gasteiger partial charge is 0.322 e. The third-order valence-electron chi connectivity index (χ3n) is 5.64. The highest BCUT2D eigenvalue weighted by atomic mass is 16.2. The number of aryl methyl sites for hydroxylation is 2. The van der Waals surface area contributed by atoms with Gasteiger partial charge in [-0.05, 0) is 60.6 Å². The van der Waals surface area contributed by atoms with Crippen LogP contribution in [0.5, 0.6) is 0 Å². The lowest BCUT2D eigenvalue weighted by atomic mass is 9.96. The van der Waals surface area contributed by atoms with E-state index in [0.717, 1.165) is 49.3 Å². The van der Waals surface area contributed by atoms with E-state index in [1.165, 1.54) is 17.5 Å². The van der Waals surface area contributed by atoms with E-state index in [2.05, 4.69) is 40.6 Å². The first kappa shape index (κ1) is 21.2. The maximum Gasteiger partial charge on any atom is 0.242 e. The van der Waals surface area contributed by atoms with E-state index in [4.69, 9.17) is 10.7 Å². The van der Waals surface area contributed by atoms with Gasteiger partial charge in [-0.2, -0.15) is 0 Å². The van der Waals surface area contributed by atoms with Crippen LogP contribution in [0.25, 0.3) is 0 Å². The number of anilines is 1. The van der Waals surface area contributed by atoms with Crippen molar-refractivity contribution in [3.63, 3.8) is 0 Å². The summed E-state index contributed by atoms with van der Waals surface area (Å²) in [5.41, 5.74) is 11.4. The fourth-order valence-electron chi connectivity index (χ4n) is 3.91. The number of nitrogens with zero attached hydrogens (tertiary/aromatic N) is 3. The SMILES string of the molecule is NCC(=O)N(Cc1ccc(CNCc2ccccn2)cc1)c1ccc2c(n1)CCCC2. The molecule has 4 rings (SSSR count). The van der Waals surface area contributed by atoms with Crippen molar-refractivity contribution in [2.75, 3.05) is 11.4 Å². The lowest BCUT2D eigenvalue weighted by molar-refractivity contribution is -0.117. The van der Waals surface area contributed by atoms with Crippen LogP contribution >= 0.6 is 0 Å². The molecule has 6 nitrogen and oxygen atoms in total. The second-order valence-corrected chi connectivity index (χ2v) is 7.91. The predicted molar refractivity (Wildman–Crippen MR) is 122 cm³/mol. The van der Waals surface area contributed by atoms with Crippen LogP contribution in [0.2, 0.25) is 0 Å². The topological polar surface area (TPSA) is 84.1 Å². The molecule has 2 heterocycles. The van der Waals surface area contributed by atoms with Gasteiger partial charge < -0.3 is 11.1 Å². The molecule has 1 aliphatic rings. The number of rotatable bonds is 8. The molecule has 0 atom stereocenters. The normalized spacial score (nSPS) is 12.9. The van der Waals surface area contributed by atoms with Crippen LogP contribution in [0.1, 0.15) is 40.9 Å². The van der Waals surface area contributed by atoms with Gasteiger partial charge in [-0.15, -0.1) is 0 Å². The van der Waals surface area contributed by atoms with Crippen molar-refractivity contribution in [3.05, 3.63) is 88.9 Å². The molecule has 31 heavy (non-hydrogen) atoms. The first-order valence-electron chi connectivity index (χ1n) is 10.9. The van der Waals surface area contributed by atoms with Crippen LogP contribution in [0.4, 0.5) is 5.82 Å². The van der Waals surface area contributed by atoms with Crippen molar-refractivity contribution in [3.8, 4) is 0 Å². The van der Waals surface area contributed by atoms with Crippen molar-refractivity contribution in [1.82, 2.24) is 15.3 Å². The molecule has 160 valence electrons. The minimum Gasteiger partial charge on any atom is -0.322 e. The van der Waals surface area contributed by atoms with Gasteiger partial charge in [-0.3, -0.25) is 14.7 Å². The van der Waals surface area contributed by atoms with E-state index in [1.54, 1.807) is 11.1 Å². The first-order valence-corrected chi connectivity index (χ1v) is 10.9. The summed E-state index contributed by atoms with van der Waals surface area (Å²) < 4.78 is 0. The van der Waals surface area contributed by atoms with Crippen LogP contribution in [-0.2, 0) is 37.3 Å². The molecule has 1 amide bonds. The molecule has 0 unspecified atom stereocenters. The molecule has 2 aromatic heterocycles. The lowest BCUT2D eigenvalue weighted by Crippen LogP contribution is -2.36. The number of benzene rings is 1. The Balaban J connectivity index is 1.41. The number of amides is 1. The van der Waals surface area contributed by atoms with Crippen molar-refractivity contribution in [2.45, 2.75) is 45.3 Å². The highest BCUT2D eigenvalue weighted by Gasteiger charge is 2.19. The smallest absolute Gasteiger partial charge is 0.242 e. The number of carbonyl (C=O) groups excluding carboxylic acids is 1. The van der Waals surface area contributed by atoms with E-state index in [1.807, 2.05) is 24.3 Å². The molecular weight excluding hydrogens is 386 g/mol. The minimum atomic E-state index is -0.121. The predicted octanol–water partition coefficient (Wildman–Crippen LogP) is 3.14. The molecule has 0 spiro atoms. The number of hydrogen-bond acceptors (Lipinski definition) is 5. The Morgan fingerprint density at radius 1 is 0.968 bits per heavy atom. The molecule has 3 N–H and O–H groups in total. The zero-order valence-corrected chi connectivity index (χ0v) is 17.8.